The minimum absolute atomic E-state index is 0.0551. The van der Waals surface area contributed by atoms with Crippen LogP contribution in [0.3, 0.4) is 0 Å². The Bertz CT molecular complexity index is 1100. The summed E-state index contributed by atoms with van der Waals surface area (Å²) in [5.74, 6) is -1.49. The summed E-state index contributed by atoms with van der Waals surface area (Å²) in [6, 6.07) is 14.0. The molecular weight excluding hydrogens is 361 g/mol. The molecule has 2 amide bonds. The van der Waals surface area contributed by atoms with Gasteiger partial charge in [-0.15, -0.1) is 0 Å². The van der Waals surface area contributed by atoms with Crippen LogP contribution in [-0.4, -0.2) is 28.6 Å². The molecule has 8 heteroatoms. The predicted molar refractivity (Wildman–Crippen MR) is 104 cm³/mol. The van der Waals surface area contributed by atoms with Gasteiger partial charge in [0, 0.05) is 11.8 Å². The van der Waals surface area contributed by atoms with Gasteiger partial charge in [-0.05, 0) is 36.4 Å². The number of carbonyl (C=O) groups excluding carboxylic acids is 2. The van der Waals surface area contributed by atoms with Crippen molar-refractivity contribution >= 4 is 39.8 Å². The van der Waals surface area contributed by atoms with E-state index in [9.17, 15) is 14.0 Å². The van der Waals surface area contributed by atoms with E-state index in [0.717, 1.165) is 10.9 Å². The average molecular weight is 377 g/mol. The maximum atomic E-state index is 13.2. The fourth-order valence-electron chi connectivity index (χ4n) is 3.04. The molecule has 1 aromatic heterocycles. The zero-order valence-electron chi connectivity index (χ0n) is 14.7. The van der Waals surface area contributed by atoms with Crippen LogP contribution in [0.15, 0.2) is 65.9 Å². The Hall–Kier alpha value is -3.81. The van der Waals surface area contributed by atoms with Crippen LogP contribution >= 0.6 is 0 Å². The van der Waals surface area contributed by atoms with E-state index in [1.807, 2.05) is 24.3 Å². The standard InChI is InChI=1S/C20H16FN5O2/c21-13-5-7-15(8-6-13)26-18(19(22)27)10-17(25-26)20(28)24-14-9-12-3-1-2-4-16(12)23-11-14/h1-9,11,18H,10H2,(H2,22,27)(H,24,28). The highest BCUT2D eigenvalue weighted by molar-refractivity contribution is 6.44. The molecule has 3 aromatic rings. The number of benzene rings is 2. The van der Waals surface area contributed by atoms with Crippen LogP contribution in [0.1, 0.15) is 6.42 Å². The summed E-state index contributed by atoms with van der Waals surface area (Å²) in [6.07, 6.45) is 1.61. The van der Waals surface area contributed by atoms with Gasteiger partial charge in [0.05, 0.1) is 23.1 Å². The second-order valence-electron chi connectivity index (χ2n) is 6.36. The second kappa shape index (κ2) is 7.07. The fraction of sp³-hybridized carbons (Fsp3) is 0.100. The number of nitrogens with one attached hydrogen (secondary N) is 1. The third-order valence-electron chi connectivity index (χ3n) is 4.44. The Morgan fingerprint density at radius 3 is 2.64 bits per heavy atom. The number of primary amides is 1. The van der Waals surface area contributed by atoms with Crippen molar-refractivity contribution in [2.45, 2.75) is 12.5 Å². The second-order valence-corrected chi connectivity index (χ2v) is 6.36. The summed E-state index contributed by atoms with van der Waals surface area (Å²) in [6.45, 7) is 0. The van der Waals surface area contributed by atoms with Crippen LogP contribution in [-0.2, 0) is 9.59 Å². The molecule has 0 fully saturated rings. The molecule has 1 aliphatic rings. The van der Waals surface area contributed by atoms with Gasteiger partial charge < -0.3 is 11.1 Å². The molecule has 1 unspecified atom stereocenters. The number of nitrogens with zero attached hydrogens (tertiary/aromatic N) is 3. The number of carbonyl (C=O) groups is 2. The lowest BCUT2D eigenvalue weighted by atomic mass is 10.1. The Morgan fingerprint density at radius 2 is 1.89 bits per heavy atom. The first-order valence-corrected chi connectivity index (χ1v) is 8.59. The van der Waals surface area contributed by atoms with Crippen molar-refractivity contribution in [3.63, 3.8) is 0 Å². The van der Waals surface area contributed by atoms with Crippen LogP contribution in [0, 0.1) is 5.82 Å². The third kappa shape index (κ3) is 3.39. The Kier molecular flexibility index (Phi) is 4.44. The minimum atomic E-state index is -0.819. The topological polar surface area (TPSA) is 101 Å². The molecule has 4 rings (SSSR count). The summed E-state index contributed by atoms with van der Waals surface area (Å²) < 4.78 is 13.2. The molecule has 0 saturated heterocycles. The van der Waals surface area contributed by atoms with Gasteiger partial charge in [0.1, 0.15) is 17.6 Å². The highest BCUT2D eigenvalue weighted by Crippen LogP contribution is 2.25. The number of rotatable bonds is 4. The first-order chi connectivity index (χ1) is 13.5. The van der Waals surface area contributed by atoms with Crippen molar-refractivity contribution in [1.82, 2.24) is 4.98 Å². The number of nitrogens with two attached hydrogens (primary N) is 1. The number of aromatic nitrogens is 1. The third-order valence-corrected chi connectivity index (χ3v) is 4.44. The number of pyridine rings is 1. The van der Waals surface area contributed by atoms with E-state index >= 15 is 0 Å². The normalized spacial score (nSPS) is 16.1. The monoisotopic (exact) mass is 377 g/mol. The van der Waals surface area contributed by atoms with E-state index in [1.165, 1.54) is 29.3 Å². The van der Waals surface area contributed by atoms with E-state index < -0.39 is 23.7 Å². The molecule has 2 aromatic carbocycles. The van der Waals surface area contributed by atoms with E-state index in [2.05, 4.69) is 15.4 Å². The van der Waals surface area contributed by atoms with Crippen LogP contribution in [0.5, 0.6) is 0 Å². The largest absolute Gasteiger partial charge is 0.368 e. The van der Waals surface area contributed by atoms with Gasteiger partial charge in [-0.3, -0.25) is 19.6 Å². The quantitative estimate of drug-likeness (QED) is 0.729. The number of anilines is 2. The predicted octanol–water partition coefficient (Wildman–Crippen LogP) is 2.43. The van der Waals surface area contributed by atoms with Gasteiger partial charge in [0.15, 0.2) is 0 Å². The van der Waals surface area contributed by atoms with Crippen molar-refractivity contribution in [3.8, 4) is 0 Å². The highest BCUT2D eigenvalue weighted by atomic mass is 19.1. The van der Waals surface area contributed by atoms with Crippen molar-refractivity contribution < 1.29 is 14.0 Å². The van der Waals surface area contributed by atoms with Gasteiger partial charge in [-0.1, -0.05) is 18.2 Å². The van der Waals surface area contributed by atoms with Gasteiger partial charge in [-0.25, -0.2) is 4.39 Å². The SMILES string of the molecule is NC(=O)C1CC(C(=O)Nc2cnc3ccccc3c2)=NN1c1ccc(F)cc1. The zero-order valence-corrected chi connectivity index (χ0v) is 14.7. The highest BCUT2D eigenvalue weighted by Gasteiger charge is 2.35. The smallest absolute Gasteiger partial charge is 0.272 e. The number of amides is 2. The van der Waals surface area contributed by atoms with Crippen LogP contribution < -0.4 is 16.1 Å². The number of hydrogen-bond acceptors (Lipinski definition) is 5. The molecular formula is C20H16FN5O2. The van der Waals surface area contributed by atoms with Crippen LogP contribution in [0.4, 0.5) is 15.8 Å². The maximum Gasteiger partial charge on any atom is 0.272 e. The Labute approximate surface area is 159 Å². The minimum Gasteiger partial charge on any atom is -0.368 e. The number of hydrazone groups is 1. The lowest BCUT2D eigenvalue weighted by Gasteiger charge is -2.20. The molecule has 0 radical (unpaired) electrons. The van der Waals surface area contributed by atoms with E-state index in [0.29, 0.717) is 11.4 Å². The van der Waals surface area contributed by atoms with Gasteiger partial charge in [0.2, 0.25) is 5.91 Å². The molecule has 1 aliphatic heterocycles. The van der Waals surface area contributed by atoms with Crippen molar-refractivity contribution in [2.24, 2.45) is 10.8 Å². The number of halogens is 1. The molecule has 0 bridgehead atoms. The molecule has 0 saturated carbocycles. The molecule has 7 nitrogen and oxygen atoms in total. The molecule has 3 N–H and O–H groups in total. The Balaban J connectivity index is 1.58. The number of hydrogen-bond donors (Lipinski definition) is 2. The maximum absolute atomic E-state index is 13.2. The summed E-state index contributed by atoms with van der Waals surface area (Å²) in [5.41, 5.74) is 7.42. The summed E-state index contributed by atoms with van der Waals surface area (Å²) in [4.78, 5) is 28.8. The van der Waals surface area contributed by atoms with Crippen molar-refractivity contribution in [2.75, 3.05) is 10.3 Å². The summed E-state index contributed by atoms with van der Waals surface area (Å²) in [7, 11) is 0. The zero-order chi connectivity index (χ0) is 19.7. The van der Waals surface area contributed by atoms with Crippen molar-refractivity contribution in [1.29, 1.82) is 0 Å². The molecule has 140 valence electrons. The Morgan fingerprint density at radius 1 is 1.14 bits per heavy atom. The van der Waals surface area contributed by atoms with Gasteiger partial charge in [0.25, 0.3) is 5.91 Å². The molecule has 1 atom stereocenters. The summed E-state index contributed by atoms with van der Waals surface area (Å²) in [5, 5.41) is 9.22. The van der Waals surface area contributed by atoms with E-state index in [4.69, 9.17) is 5.73 Å². The van der Waals surface area contributed by atoms with Crippen molar-refractivity contribution in [3.05, 3.63) is 66.6 Å². The molecule has 28 heavy (non-hydrogen) atoms. The number of para-hydroxylation sites is 1. The lowest BCUT2D eigenvalue weighted by molar-refractivity contribution is -0.119. The molecule has 0 aliphatic carbocycles. The van der Waals surface area contributed by atoms with Crippen LogP contribution in [0.25, 0.3) is 10.9 Å². The van der Waals surface area contributed by atoms with Crippen LogP contribution in [0.2, 0.25) is 0 Å². The summed E-state index contributed by atoms with van der Waals surface area (Å²) >= 11 is 0. The van der Waals surface area contributed by atoms with E-state index in [1.54, 1.807) is 12.3 Å². The average Bonchev–Trinajstić information content (AvgIpc) is 3.14. The first kappa shape index (κ1) is 17.6. The molecule has 2 heterocycles. The fourth-order valence-corrected chi connectivity index (χ4v) is 3.04. The van der Waals surface area contributed by atoms with Gasteiger partial charge >= 0.3 is 0 Å². The van der Waals surface area contributed by atoms with Gasteiger partial charge in [-0.2, -0.15) is 5.10 Å². The molecule has 0 spiro atoms. The first-order valence-electron chi connectivity index (χ1n) is 8.59. The van der Waals surface area contributed by atoms with E-state index in [-0.39, 0.29) is 12.1 Å². The lowest BCUT2D eigenvalue weighted by Crippen LogP contribution is -2.39. The number of fused-ring (bicyclic) bond motifs is 1.